The van der Waals surface area contributed by atoms with Crippen LogP contribution in [-0.2, 0) is 0 Å². The van der Waals surface area contributed by atoms with Crippen LogP contribution in [0.15, 0.2) is 40.8 Å². The number of rotatable bonds is 3. The summed E-state index contributed by atoms with van der Waals surface area (Å²) in [5.74, 6) is 1.16. The van der Waals surface area contributed by atoms with Gasteiger partial charge in [0.25, 0.3) is 0 Å². The Morgan fingerprint density at radius 2 is 2.25 bits per heavy atom. The number of aromatic nitrogens is 2. The predicted octanol–water partition coefficient (Wildman–Crippen LogP) is 3.44. The number of hydrogen-bond acceptors (Lipinski definition) is 4. The Morgan fingerprint density at radius 1 is 1.38 bits per heavy atom. The second-order valence-corrected chi connectivity index (χ2v) is 4.17. The number of H-pyrrole nitrogens is 1. The van der Waals surface area contributed by atoms with Gasteiger partial charge in [0, 0.05) is 16.0 Å². The van der Waals surface area contributed by atoms with Crippen molar-refractivity contribution < 1.29 is 4.74 Å². The summed E-state index contributed by atoms with van der Waals surface area (Å²) in [7, 11) is 1.61. The van der Waals surface area contributed by atoms with Gasteiger partial charge in [-0.25, -0.2) is 4.98 Å². The summed E-state index contributed by atoms with van der Waals surface area (Å²) < 4.78 is 6.26. The number of halogens is 1. The molecule has 0 bridgehead atoms. The minimum absolute atomic E-state index is 0.473. The van der Waals surface area contributed by atoms with E-state index in [1.165, 1.54) is 0 Å². The highest BCUT2D eigenvalue weighted by Crippen LogP contribution is 2.29. The molecule has 82 valence electrons. The SMILES string of the molecule is COc1ccc(I)cc1/N=N/c1ncc[nH]1. The number of nitrogens with one attached hydrogen (secondary N) is 1. The first-order valence-electron chi connectivity index (χ1n) is 4.54. The van der Waals surface area contributed by atoms with Crippen LogP contribution in [0.2, 0.25) is 0 Å². The average molecular weight is 328 g/mol. The molecule has 5 nitrogen and oxygen atoms in total. The van der Waals surface area contributed by atoms with Crippen molar-refractivity contribution in [2.45, 2.75) is 0 Å². The molecule has 1 N–H and O–H groups in total. The Bertz CT molecular complexity index is 496. The van der Waals surface area contributed by atoms with Gasteiger partial charge in [-0.1, -0.05) is 0 Å². The van der Waals surface area contributed by atoms with E-state index in [9.17, 15) is 0 Å². The molecule has 0 saturated carbocycles. The van der Waals surface area contributed by atoms with E-state index in [1.807, 2.05) is 18.2 Å². The number of azo groups is 1. The first-order chi connectivity index (χ1) is 7.79. The lowest BCUT2D eigenvalue weighted by atomic mass is 10.3. The average Bonchev–Trinajstić information content (AvgIpc) is 2.79. The van der Waals surface area contributed by atoms with Crippen LogP contribution < -0.4 is 4.74 Å². The van der Waals surface area contributed by atoms with E-state index in [0.717, 1.165) is 3.57 Å². The summed E-state index contributed by atoms with van der Waals surface area (Å²) >= 11 is 2.21. The van der Waals surface area contributed by atoms with Crippen LogP contribution in [0.3, 0.4) is 0 Å². The van der Waals surface area contributed by atoms with Gasteiger partial charge in [0.15, 0.2) is 0 Å². The molecular formula is C10H9IN4O. The molecule has 0 spiro atoms. The monoisotopic (exact) mass is 328 g/mol. The topological polar surface area (TPSA) is 62.6 Å². The zero-order valence-corrected chi connectivity index (χ0v) is 10.7. The number of benzene rings is 1. The van der Waals surface area contributed by atoms with Gasteiger partial charge in [-0.2, -0.15) is 0 Å². The van der Waals surface area contributed by atoms with Crippen LogP contribution in [0.5, 0.6) is 5.75 Å². The summed E-state index contributed by atoms with van der Waals surface area (Å²) in [6.07, 6.45) is 3.32. The largest absolute Gasteiger partial charge is 0.494 e. The van der Waals surface area contributed by atoms with E-state index in [0.29, 0.717) is 17.4 Å². The third kappa shape index (κ3) is 2.57. The first kappa shape index (κ1) is 11.1. The van der Waals surface area contributed by atoms with Crippen molar-refractivity contribution in [3.05, 3.63) is 34.2 Å². The molecule has 0 amide bonds. The highest BCUT2D eigenvalue weighted by molar-refractivity contribution is 14.1. The van der Waals surface area contributed by atoms with Crippen molar-refractivity contribution in [2.24, 2.45) is 10.2 Å². The van der Waals surface area contributed by atoms with Crippen LogP contribution in [0.4, 0.5) is 11.6 Å². The van der Waals surface area contributed by atoms with Gasteiger partial charge < -0.3 is 9.72 Å². The van der Waals surface area contributed by atoms with Gasteiger partial charge in [-0.05, 0) is 40.8 Å². The number of aromatic amines is 1. The smallest absolute Gasteiger partial charge is 0.246 e. The normalized spacial score (nSPS) is 10.9. The van der Waals surface area contributed by atoms with Gasteiger partial charge in [0.2, 0.25) is 5.95 Å². The molecule has 1 heterocycles. The Hall–Kier alpha value is -1.44. The number of ether oxygens (including phenoxy) is 1. The van der Waals surface area contributed by atoms with Gasteiger partial charge in [-0.3, -0.25) is 0 Å². The Labute approximate surface area is 106 Å². The van der Waals surface area contributed by atoms with Crippen molar-refractivity contribution in [1.82, 2.24) is 9.97 Å². The lowest BCUT2D eigenvalue weighted by Crippen LogP contribution is -1.83. The van der Waals surface area contributed by atoms with Crippen molar-refractivity contribution in [3.63, 3.8) is 0 Å². The summed E-state index contributed by atoms with van der Waals surface area (Å²) in [6.45, 7) is 0. The van der Waals surface area contributed by atoms with E-state index < -0.39 is 0 Å². The van der Waals surface area contributed by atoms with E-state index >= 15 is 0 Å². The molecule has 0 fully saturated rings. The van der Waals surface area contributed by atoms with E-state index in [2.05, 4.69) is 42.8 Å². The highest BCUT2D eigenvalue weighted by Gasteiger charge is 2.02. The molecule has 0 saturated heterocycles. The third-order valence-corrected chi connectivity index (χ3v) is 2.55. The minimum Gasteiger partial charge on any atom is -0.494 e. The molecular weight excluding hydrogens is 319 g/mol. The molecule has 2 aromatic rings. The first-order valence-corrected chi connectivity index (χ1v) is 5.62. The number of methoxy groups -OCH3 is 1. The fourth-order valence-corrected chi connectivity index (χ4v) is 1.63. The maximum atomic E-state index is 5.18. The Morgan fingerprint density at radius 3 is 2.94 bits per heavy atom. The lowest BCUT2D eigenvalue weighted by molar-refractivity contribution is 0.415. The molecule has 0 unspecified atom stereocenters. The molecule has 16 heavy (non-hydrogen) atoms. The Balaban J connectivity index is 2.29. The van der Waals surface area contributed by atoms with E-state index in [1.54, 1.807) is 19.5 Å². The van der Waals surface area contributed by atoms with Crippen molar-refractivity contribution >= 4 is 34.2 Å². The van der Waals surface area contributed by atoms with E-state index in [4.69, 9.17) is 4.74 Å². The minimum atomic E-state index is 0.473. The maximum Gasteiger partial charge on any atom is 0.246 e. The standard InChI is InChI=1S/C10H9IN4O/c1-16-9-3-2-7(11)6-8(9)14-15-10-12-4-5-13-10/h2-6H,1H3,(H,12,13)/b15-14+. The molecule has 6 heteroatoms. The van der Waals surface area contributed by atoms with Gasteiger partial charge in [-0.15, -0.1) is 10.2 Å². The zero-order chi connectivity index (χ0) is 11.4. The molecule has 1 aromatic heterocycles. The van der Waals surface area contributed by atoms with Crippen LogP contribution in [0.1, 0.15) is 0 Å². The van der Waals surface area contributed by atoms with E-state index in [-0.39, 0.29) is 0 Å². The molecule has 1 aromatic carbocycles. The number of nitrogens with zero attached hydrogens (tertiary/aromatic N) is 3. The third-order valence-electron chi connectivity index (χ3n) is 1.88. The van der Waals surface area contributed by atoms with Crippen molar-refractivity contribution in [1.29, 1.82) is 0 Å². The maximum absolute atomic E-state index is 5.18. The van der Waals surface area contributed by atoms with Gasteiger partial charge >= 0.3 is 0 Å². The second-order valence-electron chi connectivity index (χ2n) is 2.93. The highest BCUT2D eigenvalue weighted by atomic mass is 127. The van der Waals surface area contributed by atoms with Gasteiger partial charge in [0.1, 0.15) is 11.4 Å². The zero-order valence-electron chi connectivity index (χ0n) is 8.51. The predicted molar refractivity (Wildman–Crippen MR) is 68.5 cm³/mol. The van der Waals surface area contributed by atoms with Crippen LogP contribution >= 0.6 is 22.6 Å². The number of hydrogen-bond donors (Lipinski definition) is 1. The molecule has 0 aliphatic carbocycles. The van der Waals surface area contributed by atoms with Gasteiger partial charge in [0.05, 0.1) is 7.11 Å². The van der Waals surface area contributed by atoms with Crippen LogP contribution in [-0.4, -0.2) is 17.1 Å². The summed E-state index contributed by atoms with van der Waals surface area (Å²) in [6, 6.07) is 5.70. The van der Waals surface area contributed by atoms with Crippen LogP contribution in [0, 0.1) is 3.57 Å². The molecule has 0 radical (unpaired) electrons. The molecule has 0 aliphatic rings. The summed E-state index contributed by atoms with van der Waals surface area (Å²) in [4.78, 5) is 6.80. The summed E-state index contributed by atoms with van der Waals surface area (Å²) in [5.41, 5.74) is 0.686. The van der Waals surface area contributed by atoms with Crippen molar-refractivity contribution in [3.8, 4) is 5.75 Å². The fourth-order valence-electron chi connectivity index (χ4n) is 1.15. The molecule has 0 aliphatic heterocycles. The fraction of sp³-hybridized carbons (Fsp3) is 0.100. The Kier molecular flexibility index (Phi) is 3.50. The second kappa shape index (κ2) is 5.06. The van der Waals surface area contributed by atoms with Crippen LogP contribution in [0.25, 0.3) is 0 Å². The van der Waals surface area contributed by atoms with Crippen molar-refractivity contribution in [2.75, 3.05) is 7.11 Å². The lowest BCUT2D eigenvalue weighted by Gasteiger charge is -2.02. The number of imidazole rings is 1. The summed E-state index contributed by atoms with van der Waals surface area (Å²) in [5, 5.41) is 8.04. The molecule has 0 atom stereocenters. The quantitative estimate of drug-likeness (QED) is 0.693. The molecule has 2 rings (SSSR count).